The maximum atomic E-state index is 14.3. The molecular formula is C29H30Cl2N2O5. The van der Waals surface area contributed by atoms with Crippen LogP contribution in [-0.4, -0.2) is 55.7 Å². The number of methoxy groups -OCH3 is 2. The zero-order valence-corrected chi connectivity index (χ0v) is 23.3. The zero-order valence-electron chi connectivity index (χ0n) is 21.8. The maximum Gasteiger partial charge on any atom is 0.253 e. The van der Waals surface area contributed by atoms with Crippen LogP contribution in [0.25, 0.3) is 0 Å². The number of anilines is 1. The highest BCUT2D eigenvalue weighted by molar-refractivity contribution is 6.33. The van der Waals surface area contributed by atoms with E-state index in [9.17, 15) is 14.7 Å². The number of halogens is 2. The molecule has 1 atom stereocenters. The molecule has 4 rings (SSSR count). The lowest BCUT2D eigenvalue weighted by Gasteiger charge is -2.27. The molecule has 2 amide bonds. The van der Waals surface area contributed by atoms with E-state index in [4.69, 9.17) is 32.7 Å². The van der Waals surface area contributed by atoms with Gasteiger partial charge in [-0.05, 0) is 73.5 Å². The minimum absolute atomic E-state index is 0.147. The Hall–Kier alpha value is -3.26. The first-order valence-corrected chi connectivity index (χ1v) is 13.0. The average Bonchev–Trinajstić information content (AvgIpc) is 3.13. The SMILES string of the molecule is CCN(CCO)C(=O)c1ccc(Cl)c(C2(C)C(=O)N(Cc3ccc(OC)cc3OC)c3ccc(Cl)cc32)c1. The summed E-state index contributed by atoms with van der Waals surface area (Å²) in [7, 11) is 3.15. The number of ether oxygens (including phenoxy) is 2. The molecule has 3 aromatic rings. The van der Waals surface area contributed by atoms with Crippen LogP contribution in [0.4, 0.5) is 5.69 Å². The normalized spacial score (nSPS) is 16.4. The van der Waals surface area contributed by atoms with Gasteiger partial charge in [-0.1, -0.05) is 23.2 Å². The first kappa shape index (κ1) is 27.8. The Morgan fingerprint density at radius 1 is 1.03 bits per heavy atom. The van der Waals surface area contributed by atoms with Gasteiger partial charge in [-0.25, -0.2) is 0 Å². The van der Waals surface area contributed by atoms with Crippen molar-refractivity contribution in [2.75, 3.05) is 38.8 Å². The second kappa shape index (κ2) is 11.2. The number of rotatable bonds is 9. The van der Waals surface area contributed by atoms with Crippen LogP contribution in [0.15, 0.2) is 54.6 Å². The molecule has 0 saturated carbocycles. The molecule has 9 heteroatoms. The molecule has 38 heavy (non-hydrogen) atoms. The number of hydrogen-bond acceptors (Lipinski definition) is 5. The number of amides is 2. The molecule has 0 spiro atoms. The van der Waals surface area contributed by atoms with Gasteiger partial charge in [-0.2, -0.15) is 0 Å². The van der Waals surface area contributed by atoms with Crippen LogP contribution in [0.1, 0.15) is 40.9 Å². The molecule has 1 aliphatic heterocycles. The fourth-order valence-electron chi connectivity index (χ4n) is 4.96. The number of benzene rings is 3. The molecule has 0 aromatic heterocycles. The number of aliphatic hydroxyl groups excluding tert-OH is 1. The summed E-state index contributed by atoms with van der Waals surface area (Å²) in [6.45, 7) is 4.38. The van der Waals surface area contributed by atoms with Gasteiger partial charge in [0.1, 0.15) is 16.9 Å². The van der Waals surface area contributed by atoms with E-state index >= 15 is 0 Å². The number of fused-ring (bicyclic) bond motifs is 1. The molecule has 1 unspecified atom stereocenters. The smallest absolute Gasteiger partial charge is 0.253 e. The average molecular weight is 557 g/mol. The quantitative estimate of drug-likeness (QED) is 0.386. The van der Waals surface area contributed by atoms with Crippen LogP contribution in [0.5, 0.6) is 11.5 Å². The van der Waals surface area contributed by atoms with E-state index in [0.29, 0.717) is 50.5 Å². The summed E-state index contributed by atoms with van der Waals surface area (Å²) in [5, 5.41) is 10.2. The van der Waals surface area contributed by atoms with Gasteiger partial charge in [0, 0.05) is 46.0 Å². The summed E-state index contributed by atoms with van der Waals surface area (Å²) in [5.41, 5.74) is 1.86. The Kier molecular flexibility index (Phi) is 8.21. The third kappa shape index (κ3) is 4.82. The Labute approximate surface area is 232 Å². The predicted octanol–water partition coefficient (Wildman–Crippen LogP) is 5.32. The molecule has 1 aliphatic rings. The van der Waals surface area contributed by atoms with Gasteiger partial charge in [0.05, 0.1) is 27.4 Å². The van der Waals surface area contributed by atoms with Crippen LogP contribution < -0.4 is 14.4 Å². The molecule has 0 fully saturated rings. The number of carbonyl (C=O) groups excluding carboxylic acids is 2. The van der Waals surface area contributed by atoms with E-state index in [2.05, 4.69) is 0 Å². The van der Waals surface area contributed by atoms with E-state index < -0.39 is 5.41 Å². The Balaban J connectivity index is 1.82. The second-order valence-electron chi connectivity index (χ2n) is 9.16. The van der Waals surface area contributed by atoms with Gasteiger partial charge < -0.3 is 24.4 Å². The summed E-state index contributed by atoms with van der Waals surface area (Å²) in [4.78, 5) is 30.7. The van der Waals surface area contributed by atoms with Crippen LogP contribution in [0, 0.1) is 0 Å². The summed E-state index contributed by atoms with van der Waals surface area (Å²) in [6.07, 6.45) is 0. The van der Waals surface area contributed by atoms with Crippen molar-refractivity contribution in [2.45, 2.75) is 25.8 Å². The first-order chi connectivity index (χ1) is 18.2. The zero-order chi connectivity index (χ0) is 27.6. The summed E-state index contributed by atoms with van der Waals surface area (Å²) >= 11 is 13.1. The third-order valence-corrected chi connectivity index (χ3v) is 7.64. The number of likely N-dealkylation sites (N-methyl/N-ethyl adjacent to an activating group) is 1. The van der Waals surface area contributed by atoms with Crippen molar-refractivity contribution < 1.29 is 24.2 Å². The fourth-order valence-corrected chi connectivity index (χ4v) is 5.44. The second-order valence-corrected chi connectivity index (χ2v) is 10.0. The fraction of sp³-hybridized carbons (Fsp3) is 0.310. The maximum absolute atomic E-state index is 14.3. The van der Waals surface area contributed by atoms with Crippen LogP contribution in [0.3, 0.4) is 0 Å². The summed E-state index contributed by atoms with van der Waals surface area (Å²) in [5.74, 6) is 0.780. The highest BCUT2D eigenvalue weighted by Crippen LogP contribution is 2.49. The van der Waals surface area contributed by atoms with Crippen molar-refractivity contribution in [3.63, 3.8) is 0 Å². The molecule has 0 radical (unpaired) electrons. The van der Waals surface area contributed by atoms with Crippen molar-refractivity contribution in [1.82, 2.24) is 4.90 Å². The lowest BCUT2D eigenvalue weighted by atomic mass is 9.76. The molecule has 0 saturated heterocycles. The Morgan fingerprint density at radius 3 is 2.45 bits per heavy atom. The molecule has 200 valence electrons. The largest absolute Gasteiger partial charge is 0.497 e. The molecule has 0 bridgehead atoms. The van der Waals surface area contributed by atoms with Crippen LogP contribution >= 0.6 is 23.2 Å². The van der Waals surface area contributed by atoms with Crippen molar-refractivity contribution in [3.05, 3.63) is 86.9 Å². The lowest BCUT2D eigenvalue weighted by molar-refractivity contribution is -0.121. The number of carbonyl (C=O) groups is 2. The first-order valence-electron chi connectivity index (χ1n) is 12.2. The van der Waals surface area contributed by atoms with E-state index in [1.165, 1.54) is 0 Å². The minimum atomic E-state index is -1.21. The highest BCUT2D eigenvalue weighted by atomic mass is 35.5. The van der Waals surface area contributed by atoms with Crippen molar-refractivity contribution in [1.29, 1.82) is 0 Å². The Bertz CT molecular complexity index is 1380. The minimum Gasteiger partial charge on any atom is -0.497 e. The van der Waals surface area contributed by atoms with Crippen LogP contribution in [-0.2, 0) is 16.8 Å². The van der Waals surface area contributed by atoms with Crippen LogP contribution in [0.2, 0.25) is 10.0 Å². The monoisotopic (exact) mass is 556 g/mol. The summed E-state index contributed by atoms with van der Waals surface area (Å²) in [6, 6.07) is 15.7. The van der Waals surface area contributed by atoms with Gasteiger partial charge in [-0.3, -0.25) is 9.59 Å². The topological polar surface area (TPSA) is 79.3 Å². The van der Waals surface area contributed by atoms with Gasteiger partial charge in [0.15, 0.2) is 0 Å². The molecular weight excluding hydrogens is 527 g/mol. The van der Waals surface area contributed by atoms with E-state index in [-0.39, 0.29) is 31.5 Å². The van der Waals surface area contributed by atoms with Gasteiger partial charge >= 0.3 is 0 Å². The molecule has 3 aromatic carbocycles. The highest BCUT2D eigenvalue weighted by Gasteiger charge is 2.50. The predicted molar refractivity (Wildman–Crippen MR) is 149 cm³/mol. The number of nitrogens with zero attached hydrogens (tertiary/aromatic N) is 2. The van der Waals surface area contributed by atoms with Gasteiger partial charge in [0.2, 0.25) is 5.91 Å². The van der Waals surface area contributed by atoms with E-state index in [1.54, 1.807) is 67.3 Å². The van der Waals surface area contributed by atoms with Gasteiger partial charge in [-0.15, -0.1) is 0 Å². The van der Waals surface area contributed by atoms with Crippen molar-refractivity contribution >= 4 is 40.7 Å². The number of aliphatic hydroxyl groups is 1. The lowest BCUT2D eigenvalue weighted by Crippen LogP contribution is -2.39. The van der Waals surface area contributed by atoms with E-state index in [1.807, 2.05) is 25.1 Å². The standard InChI is InChI=1S/C29H30Cl2N2O5/c1-5-32(12-13-34)27(35)18-7-10-24(31)22(14-18)29(2)23-15-20(30)8-11-25(23)33(28(29)36)17-19-6-9-21(37-3)16-26(19)38-4/h6-11,14-16,34H,5,12-13,17H2,1-4H3. The molecule has 7 nitrogen and oxygen atoms in total. The summed E-state index contributed by atoms with van der Waals surface area (Å²) < 4.78 is 10.9. The number of hydrogen-bond donors (Lipinski definition) is 1. The molecule has 1 heterocycles. The van der Waals surface area contributed by atoms with Gasteiger partial charge in [0.25, 0.3) is 5.91 Å². The third-order valence-electron chi connectivity index (χ3n) is 7.07. The van der Waals surface area contributed by atoms with Crippen molar-refractivity contribution in [3.8, 4) is 11.5 Å². The Morgan fingerprint density at radius 2 is 1.79 bits per heavy atom. The molecule has 0 aliphatic carbocycles. The molecule has 1 N–H and O–H groups in total. The van der Waals surface area contributed by atoms with E-state index in [0.717, 1.165) is 5.56 Å². The van der Waals surface area contributed by atoms with Crippen molar-refractivity contribution in [2.24, 2.45) is 0 Å².